The lowest BCUT2D eigenvalue weighted by molar-refractivity contribution is 0.195. The summed E-state index contributed by atoms with van der Waals surface area (Å²) in [6, 6.07) is 2.27. The van der Waals surface area contributed by atoms with E-state index >= 15 is 0 Å². The molecule has 1 saturated heterocycles. The Bertz CT molecular complexity index is 537. The Balaban J connectivity index is 2.18. The van der Waals surface area contributed by atoms with E-state index in [1.165, 1.54) is 9.75 Å². The van der Waals surface area contributed by atoms with Crippen molar-refractivity contribution in [1.82, 2.24) is 4.90 Å². The highest BCUT2D eigenvalue weighted by atomic mass is 79.9. The van der Waals surface area contributed by atoms with Crippen LogP contribution in [-0.2, 0) is 9.84 Å². The van der Waals surface area contributed by atoms with E-state index < -0.39 is 9.84 Å². The van der Waals surface area contributed by atoms with Gasteiger partial charge < -0.3 is 5.73 Å². The third-order valence-electron chi connectivity index (χ3n) is 3.70. The largest absolute Gasteiger partial charge is 0.329 e. The second-order valence-electron chi connectivity index (χ2n) is 5.03. The number of nitrogens with two attached hydrogens (primary N) is 1. The van der Waals surface area contributed by atoms with E-state index in [9.17, 15) is 8.42 Å². The van der Waals surface area contributed by atoms with Crippen molar-refractivity contribution >= 4 is 37.1 Å². The molecule has 1 aromatic heterocycles. The predicted molar refractivity (Wildman–Crippen MR) is 83.4 cm³/mol. The molecule has 0 bridgehead atoms. The van der Waals surface area contributed by atoms with Gasteiger partial charge in [-0.3, -0.25) is 4.90 Å². The van der Waals surface area contributed by atoms with E-state index in [1.807, 2.05) is 7.05 Å². The average Bonchev–Trinajstić information content (AvgIpc) is 2.84. The van der Waals surface area contributed by atoms with Crippen molar-refractivity contribution < 1.29 is 8.42 Å². The van der Waals surface area contributed by atoms with Crippen LogP contribution in [0.3, 0.4) is 0 Å². The fourth-order valence-electron chi connectivity index (χ4n) is 2.48. The highest BCUT2D eigenvalue weighted by Crippen LogP contribution is 2.34. The van der Waals surface area contributed by atoms with Gasteiger partial charge in [-0.15, -0.1) is 11.3 Å². The molecule has 0 aromatic carbocycles. The summed E-state index contributed by atoms with van der Waals surface area (Å²) < 4.78 is 24.3. The number of halogens is 1. The van der Waals surface area contributed by atoms with Crippen molar-refractivity contribution in [1.29, 1.82) is 0 Å². The Morgan fingerprint density at radius 2 is 2.32 bits per heavy atom. The molecule has 0 amide bonds. The Labute approximate surface area is 127 Å². The Morgan fingerprint density at radius 3 is 2.74 bits per heavy atom. The molecular weight excluding hydrogens is 348 g/mol. The Morgan fingerprint density at radius 1 is 1.63 bits per heavy atom. The van der Waals surface area contributed by atoms with Crippen LogP contribution >= 0.6 is 27.3 Å². The van der Waals surface area contributed by atoms with Crippen LogP contribution in [-0.4, -0.2) is 44.5 Å². The van der Waals surface area contributed by atoms with Crippen molar-refractivity contribution in [3.05, 3.63) is 20.3 Å². The van der Waals surface area contributed by atoms with E-state index in [0.29, 0.717) is 18.7 Å². The first-order valence-corrected chi connectivity index (χ1v) is 9.65. The summed E-state index contributed by atoms with van der Waals surface area (Å²) in [5, 5.41) is 0. The third kappa shape index (κ3) is 3.39. The highest BCUT2D eigenvalue weighted by molar-refractivity contribution is 9.10. The molecule has 2 N–H and O–H groups in total. The number of hydrogen-bond donors (Lipinski definition) is 1. The Kier molecular flexibility index (Phi) is 4.72. The first kappa shape index (κ1) is 15.4. The number of hydrogen-bond acceptors (Lipinski definition) is 5. The normalized spacial score (nSPS) is 23.9. The molecule has 0 saturated carbocycles. The summed E-state index contributed by atoms with van der Waals surface area (Å²) in [5.74, 6) is 0.554. The third-order valence-corrected chi connectivity index (χ3v) is 7.69. The second kappa shape index (κ2) is 5.81. The van der Waals surface area contributed by atoms with Crippen molar-refractivity contribution in [2.24, 2.45) is 5.73 Å². The quantitative estimate of drug-likeness (QED) is 0.884. The fourth-order valence-corrected chi connectivity index (χ4v) is 5.99. The lowest BCUT2D eigenvalue weighted by Crippen LogP contribution is -2.39. The summed E-state index contributed by atoms with van der Waals surface area (Å²) >= 11 is 5.24. The van der Waals surface area contributed by atoms with Crippen LogP contribution in [0.15, 0.2) is 10.5 Å². The molecule has 2 heterocycles. The second-order valence-corrected chi connectivity index (χ2v) is 9.40. The molecule has 2 atom stereocenters. The van der Waals surface area contributed by atoms with E-state index in [4.69, 9.17) is 5.73 Å². The van der Waals surface area contributed by atoms with Crippen LogP contribution in [0.2, 0.25) is 0 Å². The molecule has 1 aromatic rings. The minimum Gasteiger partial charge on any atom is -0.329 e. The van der Waals surface area contributed by atoms with E-state index in [0.717, 1.165) is 4.47 Å². The maximum absolute atomic E-state index is 11.6. The molecule has 1 aliphatic heterocycles. The lowest BCUT2D eigenvalue weighted by Gasteiger charge is -2.31. The molecule has 19 heavy (non-hydrogen) atoms. The number of aryl methyl sites for hydroxylation is 1. The highest BCUT2D eigenvalue weighted by Gasteiger charge is 2.34. The van der Waals surface area contributed by atoms with Gasteiger partial charge in [0.05, 0.1) is 17.5 Å². The van der Waals surface area contributed by atoms with Crippen molar-refractivity contribution in [3.8, 4) is 0 Å². The van der Waals surface area contributed by atoms with Crippen LogP contribution < -0.4 is 5.73 Å². The van der Waals surface area contributed by atoms with Crippen LogP contribution in [0.4, 0.5) is 0 Å². The average molecular weight is 367 g/mol. The van der Waals surface area contributed by atoms with Crippen LogP contribution in [0.5, 0.6) is 0 Å². The van der Waals surface area contributed by atoms with Gasteiger partial charge in [-0.05, 0) is 42.4 Å². The van der Waals surface area contributed by atoms with Crippen molar-refractivity contribution in [2.75, 3.05) is 25.1 Å². The minimum atomic E-state index is -2.86. The monoisotopic (exact) mass is 366 g/mol. The predicted octanol–water partition coefficient (Wildman–Crippen LogP) is 1.94. The lowest BCUT2D eigenvalue weighted by atomic mass is 10.1. The van der Waals surface area contributed by atoms with Gasteiger partial charge in [0.2, 0.25) is 0 Å². The fraction of sp³-hybridized carbons (Fsp3) is 0.667. The maximum atomic E-state index is 11.6. The number of likely N-dealkylation sites (N-methyl/N-ethyl adjacent to an activating group) is 1. The van der Waals surface area contributed by atoms with E-state index in [-0.39, 0.29) is 17.8 Å². The number of sulfone groups is 1. The van der Waals surface area contributed by atoms with Gasteiger partial charge in [0.15, 0.2) is 9.84 Å². The van der Waals surface area contributed by atoms with Crippen molar-refractivity contribution in [3.63, 3.8) is 0 Å². The first-order chi connectivity index (χ1) is 8.84. The zero-order valence-electron chi connectivity index (χ0n) is 11.1. The zero-order chi connectivity index (χ0) is 14.2. The molecular formula is C12H19BrN2O2S2. The Hall–Kier alpha value is 0.0500. The van der Waals surface area contributed by atoms with E-state index in [2.05, 4.69) is 33.8 Å². The van der Waals surface area contributed by atoms with Gasteiger partial charge >= 0.3 is 0 Å². The molecule has 0 spiro atoms. The van der Waals surface area contributed by atoms with Gasteiger partial charge in [-0.2, -0.15) is 0 Å². The van der Waals surface area contributed by atoms with Crippen LogP contribution in [0.25, 0.3) is 0 Å². The summed E-state index contributed by atoms with van der Waals surface area (Å²) in [4.78, 5) is 4.54. The smallest absolute Gasteiger partial charge is 0.151 e. The zero-order valence-corrected chi connectivity index (χ0v) is 14.3. The maximum Gasteiger partial charge on any atom is 0.151 e. The SMILES string of the molecule is Cc1sc(C(CN)N(C)C2CCS(=O)(=O)C2)cc1Br. The number of thiophene rings is 1. The topological polar surface area (TPSA) is 63.4 Å². The van der Waals surface area contributed by atoms with Crippen molar-refractivity contribution in [2.45, 2.75) is 25.4 Å². The summed E-state index contributed by atoms with van der Waals surface area (Å²) in [6.07, 6.45) is 0.709. The first-order valence-electron chi connectivity index (χ1n) is 6.22. The van der Waals surface area contributed by atoms with E-state index in [1.54, 1.807) is 11.3 Å². The molecule has 7 heteroatoms. The van der Waals surface area contributed by atoms with Gasteiger partial charge in [0.25, 0.3) is 0 Å². The summed E-state index contributed by atoms with van der Waals surface area (Å²) in [6.45, 7) is 2.56. The minimum absolute atomic E-state index is 0.0831. The van der Waals surface area contributed by atoms with Gasteiger partial charge in [-0.1, -0.05) is 0 Å². The number of nitrogens with zero attached hydrogens (tertiary/aromatic N) is 1. The van der Waals surface area contributed by atoms with Gasteiger partial charge in [-0.25, -0.2) is 8.42 Å². The molecule has 0 aliphatic carbocycles. The molecule has 2 rings (SSSR count). The molecule has 1 fully saturated rings. The van der Waals surface area contributed by atoms with Gasteiger partial charge in [0, 0.05) is 26.8 Å². The number of rotatable bonds is 4. The van der Waals surface area contributed by atoms with Gasteiger partial charge in [0.1, 0.15) is 0 Å². The standard InChI is InChI=1S/C12H19BrN2O2S2/c1-8-10(13)5-12(18-8)11(6-14)15(2)9-3-4-19(16,17)7-9/h5,9,11H,3-4,6-7,14H2,1-2H3. The molecule has 108 valence electrons. The van der Waals surface area contributed by atoms with Crippen LogP contribution in [0, 0.1) is 6.92 Å². The molecule has 1 aliphatic rings. The molecule has 0 radical (unpaired) electrons. The van der Waals surface area contributed by atoms with Crippen LogP contribution in [0.1, 0.15) is 22.2 Å². The summed E-state index contributed by atoms with van der Waals surface area (Å²) in [7, 11) is -0.878. The molecule has 2 unspecified atom stereocenters. The molecule has 4 nitrogen and oxygen atoms in total. The summed E-state index contributed by atoms with van der Waals surface area (Å²) in [5.41, 5.74) is 5.90.